The van der Waals surface area contributed by atoms with E-state index in [9.17, 15) is 9.59 Å². The molecular weight excluding hydrogens is 475 g/mol. The lowest BCUT2D eigenvalue weighted by atomic mass is 10.1. The minimum Gasteiger partial charge on any atom is -0.267 e. The summed E-state index contributed by atoms with van der Waals surface area (Å²) in [5, 5.41) is 13.8. The second-order valence-electron chi connectivity index (χ2n) is 6.79. The molecule has 1 amide bonds. The smallest absolute Gasteiger partial charge is 0.267 e. The SMILES string of the molecule is O=C(Nn1ccc2c(nnc3c(-c4ccc(Cl)cc4)cnn32)c1=O)c1ccc(Cl)cc1Cl. The summed E-state index contributed by atoms with van der Waals surface area (Å²) in [5.74, 6) is -0.578. The van der Waals surface area contributed by atoms with E-state index in [1.54, 1.807) is 24.4 Å². The van der Waals surface area contributed by atoms with Crippen LogP contribution in [-0.4, -0.2) is 30.4 Å². The Balaban J connectivity index is 1.55. The summed E-state index contributed by atoms with van der Waals surface area (Å²) in [4.78, 5) is 25.5. The normalized spacial score (nSPS) is 11.2. The van der Waals surface area contributed by atoms with Crippen LogP contribution in [0.1, 0.15) is 10.4 Å². The maximum absolute atomic E-state index is 12.9. The maximum atomic E-state index is 12.9. The van der Waals surface area contributed by atoms with Crippen molar-refractivity contribution >= 4 is 57.4 Å². The number of carbonyl (C=O) groups excluding carboxylic acids is 1. The van der Waals surface area contributed by atoms with E-state index in [-0.39, 0.29) is 16.1 Å². The summed E-state index contributed by atoms with van der Waals surface area (Å²) < 4.78 is 2.54. The van der Waals surface area contributed by atoms with Crippen LogP contribution >= 0.6 is 34.8 Å². The van der Waals surface area contributed by atoms with Gasteiger partial charge in [-0.2, -0.15) is 5.10 Å². The second-order valence-corrected chi connectivity index (χ2v) is 8.07. The number of hydrogen-bond acceptors (Lipinski definition) is 5. The largest absolute Gasteiger partial charge is 0.299 e. The maximum Gasteiger partial charge on any atom is 0.299 e. The molecule has 0 aliphatic heterocycles. The Bertz CT molecular complexity index is 1580. The predicted octanol–water partition coefficient (Wildman–Crippen LogP) is 4.45. The fraction of sp³-hybridized carbons (Fsp3) is 0. The average molecular weight is 486 g/mol. The van der Waals surface area contributed by atoms with Gasteiger partial charge in [0.1, 0.15) is 5.52 Å². The first-order valence-electron chi connectivity index (χ1n) is 9.20. The molecule has 0 aliphatic rings. The van der Waals surface area contributed by atoms with Crippen LogP contribution in [0.2, 0.25) is 15.1 Å². The van der Waals surface area contributed by atoms with Crippen LogP contribution < -0.4 is 11.0 Å². The first-order chi connectivity index (χ1) is 15.4. The number of halogens is 3. The third kappa shape index (κ3) is 3.48. The molecule has 3 aromatic heterocycles. The van der Waals surface area contributed by atoms with E-state index in [1.807, 2.05) is 12.1 Å². The molecule has 0 fully saturated rings. The summed E-state index contributed by atoms with van der Waals surface area (Å²) in [6, 6.07) is 13.3. The van der Waals surface area contributed by atoms with E-state index in [1.165, 1.54) is 28.9 Å². The van der Waals surface area contributed by atoms with Crippen molar-refractivity contribution in [1.29, 1.82) is 0 Å². The Morgan fingerprint density at radius 1 is 0.938 bits per heavy atom. The zero-order valence-corrected chi connectivity index (χ0v) is 18.2. The van der Waals surface area contributed by atoms with E-state index in [4.69, 9.17) is 34.8 Å². The number of rotatable bonds is 3. The quantitative estimate of drug-likeness (QED) is 0.407. The molecule has 1 N–H and O–H groups in total. The van der Waals surface area contributed by atoms with E-state index >= 15 is 0 Å². The van der Waals surface area contributed by atoms with Crippen molar-refractivity contribution in [1.82, 2.24) is 24.5 Å². The van der Waals surface area contributed by atoms with Gasteiger partial charge in [-0.1, -0.05) is 46.9 Å². The van der Waals surface area contributed by atoms with Crippen molar-refractivity contribution in [3.63, 3.8) is 0 Å². The van der Waals surface area contributed by atoms with Crippen LogP contribution in [0.5, 0.6) is 0 Å². The molecule has 2 aromatic carbocycles. The standard InChI is InChI=1S/C21H11Cl3N6O2/c22-12-3-1-11(2-4-12)15-10-25-30-17-7-8-29(21(32)18(17)26-27-19(15)30)28-20(31)14-6-5-13(23)9-16(14)24/h1-10H,(H,28,31). The van der Waals surface area contributed by atoms with Crippen LogP contribution in [0, 0.1) is 0 Å². The fourth-order valence-electron chi connectivity index (χ4n) is 3.26. The van der Waals surface area contributed by atoms with Gasteiger partial charge < -0.3 is 0 Å². The number of nitrogens with one attached hydrogen (secondary N) is 1. The first kappa shape index (κ1) is 20.4. The average Bonchev–Trinajstić information content (AvgIpc) is 3.20. The summed E-state index contributed by atoms with van der Waals surface area (Å²) in [6.45, 7) is 0. The second kappa shape index (κ2) is 7.90. The highest BCUT2D eigenvalue weighted by Gasteiger charge is 2.16. The molecule has 0 bridgehead atoms. The monoisotopic (exact) mass is 484 g/mol. The zero-order chi connectivity index (χ0) is 22.4. The topological polar surface area (TPSA) is 94.2 Å². The van der Waals surface area contributed by atoms with Gasteiger partial charge in [-0.05, 0) is 42.0 Å². The predicted molar refractivity (Wildman–Crippen MR) is 123 cm³/mol. The summed E-state index contributed by atoms with van der Waals surface area (Å²) in [5.41, 5.74) is 4.65. The van der Waals surface area contributed by atoms with E-state index in [0.29, 0.717) is 21.2 Å². The Morgan fingerprint density at radius 3 is 2.44 bits per heavy atom. The lowest BCUT2D eigenvalue weighted by Crippen LogP contribution is -2.33. The molecule has 0 spiro atoms. The molecule has 158 valence electrons. The minimum absolute atomic E-state index is 0.0354. The van der Waals surface area contributed by atoms with Gasteiger partial charge in [0.05, 0.1) is 16.8 Å². The van der Waals surface area contributed by atoms with Gasteiger partial charge in [0, 0.05) is 21.8 Å². The number of amides is 1. The van der Waals surface area contributed by atoms with Gasteiger partial charge in [0.15, 0.2) is 11.2 Å². The molecule has 32 heavy (non-hydrogen) atoms. The number of benzene rings is 2. The molecular formula is C21H11Cl3N6O2. The van der Waals surface area contributed by atoms with E-state index in [2.05, 4.69) is 20.7 Å². The van der Waals surface area contributed by atoms with Crippen molar-refractivity contribution in [2.45, 2.75) is 0 Å². The highest BCUT2D eigenvalue weighted by atomic mass is 35.5. The minimum atomic E-state index is -0.578. The molecule has 0 saturated heterocycles. The Labute approximate surface area is 194 Å². The van der Waals surface area contributed by atoms with Crippen LogP contribution in [0.25, 0.3) is 27.8 Å². The van der Waals surface area contributed by atoms with Crippen molar-refractivity contribution < 1.29 is 4.79 Å². The van der Waals surface area contributed by atoms with E-state index < -0.39 is 11.5 Å². The summed E-state index contributed by atoms with van der Waals surface area (Å²) >= 11 is 17.9. The van der Waals surface area contributed by atoms with Crippen molar-refractivity contribution in [3.8, 4) is 11.1 Å². The number of fused-ring (bicyclic) bond motifs is 3. The third-order valence-corrected chi connectivity index (χ3v) is 5.61. The molecule has 0 radical (unpaired) electrons. The van der Waals surface area contributed by atoms with Gasteiger partial charge in [-0.25, -0.2) is 9.19 Å². The Kier molecular flexibility index (Phi) is 5.05. The molecule has 5 rings (SSSR count). The molecule has 11 heteroatoms. The molecule has 0 aliphatic carbocycles. The number of pyridine rings is 1. The number of hydrogen-bond donors (Lipinski definition) is 1. The van der Waals surface area contributed by atoms with Gasteiger partial charge >= 0.3 is 0 Å². The van der Waals surface area contributed by atoms with E-state index in [0.717, 1.165) is 15.8 Å². The molecule has 8 nitrogen and oxygen atoms in total. The van der Waals surface area contributed by atoms with Gasteiger partial charge in [-0.3, -0.25) is 15.0 Å². The summed E-state index contributed by atoms with van der Waals surface area (Å²) in [7, 11) is 0. The highest BCUT2D eigenvalue weighted by Crippen LogP contribution is 2.26. The Morgan fingerprint density at radius 2 is 1.69 bits per heavy atom. The third-order valence-electron chi connectivity index (χ3n) is 4.82. The lowest BCUT2D eigenvalue weighted by Gasteiger charge is -2.10. The van der Waals surface area contributed by atoms with Crippen LogP contribution in [0.4, 0.5) is 0 Å². The lowest BCUT2D eigenvalue weighted by molar-refractivity contribution is 0.101. The van der Waals surface area contributed by atoms with Crippen LogP contribution in [0.3, 0.4) is 0 Å². The molecule has 3 heterocycles. The molecule has 5 aromatic rings. The van der Waals surface area contributed by atoms with Gasteiger partial charge in [-0.15, -0.1) is 10.2 Å². The van der Waals surface area contributed by atoms with Crippen molar-refractivity contribution in [3.05, 3.63) is 91.9 Å². The van der Waals surface area contributed by atoms with Crippen LogP contribution in [-0.2, 0) is 0 Å². The zero-order valence-electron chi connectivity index (χ0n) is 16.0. The Hall–Kier alpha value is -3.46. The number of carbonyl (C=O) groups is 1. The summed E-state index contributed by atoms with van der Waals surface area (Å²) in [6.07, 6.45) is 3.06. The van der Waals surface area contributed by atoms with Gasteiger partial charge in [0.2, 0.25) is 0 Å². The molecule has 0 unspecified atom stereocenters. The van der Waals surface area contributed by atoms with Crippen molar-refractivity contribution in [2.24, 2.45) is 0 Å². The van der Waals surface area contributed by atoms with Gasteiger partial charge in [0.25, 0.3) is 11.5 Å². The highest BCUT2D eigenvalue weighted by molar-refractivity contribution is 6.37. The number of aromatic nitrogens is 5. The first-order valence-corrected chi connectivity index (χ1v) is 10.3. The van der Waals surface area contributed by atoms with Crippen LogP contribution in [0.15, 0.2) is 65.7 Å². The molecule has 0 saturated carbocycles. The fourth-order valence-corrected chi connectivity index (χ4v) is 3.88. The van der Waals surface area contributed by atoms with Crippen molar-refractivity contribution in [2.75, 3.05) is 5.43 Å². The number of nitrogens with zero attached hydrogens (tertiary/aromatic N) is 5. The molecule has 0 atom stereocenters.